The SMILES string of the molecule is Cc1cc(C(=N)N)nc(SC(C)C(C)C)n1. The molecule has 5 heteroatoms. The van der Waals surface area contributed by atoms with E-state index in [2.05, 4.69) is 30.7 Å². The maximum Gasteiger partial charge on any atom is 0.188 e. The summed E-state index contributed by atoms with van der Waals surface area (Å²) in [7, 11) is 0. The Morgan fingerprint density at radius 1 is 1.38 bits per heavy atom. The molecule has 1 heterocycles. The molecule has 1 aromatic rings. The van der Waals surface area contributed by atoms with Gasteiger partial charge in [0.25, 0.3) is 0 Å². The van der Waals surface area contributed by atoms with E-state index in [4.69, 9.17) is 11.1 Å². The van der Waals surface area contributed by atoms with Gasteiger partial charge < -0.3 is 5.73 Å². The Bertz CT molecular complexity index is 390. The van der Waals surface area contributed by atoms with Crippen molar-refractivity contribution in [3.63, 3.8) is 0 Å². The number of rotatable bonds is 4. The largest absolute Gasteiger partial charge is 0.382 e. The van der Waals surface area contributed by atoms with Gasteiger partial charge in [-0.3, -0.25) is 5.41 Å². The summed E-state index contributed by atoms with van der Waals surface area (Å²) in [6.07, 6.45) is 0. The fraction of sp³-hybridized carbons (Fsp3) is 0.545. The van der Waals surface area contributed by atoms with E-state index in [-0.39, 0.29) is 5.84 Å². The number of nitrogens with zero attached hydrogens (tertiary/aromatic N) is 2. The zero-order chi connectivity index (χ0) is 12.3. The van der Waals surface area contributed by atoms with Crippen LogP contribution in [-0.4, -0.2) is 21.1 Å². The zero-order valence-corrected chi connectivity index (χ0v) is 10.9. The van der Waals surface area contributed by atoms with Gasteiger partial charge in [0.2, 0.25) is 0 Å². The smallest absolute Gasteiger partial charge is 0.188 e. The summed E-state index contributed by atoms with van der Waals surface area (Å²) in [6.45, 7) is 8.37. The van der Waals surface area contributed by atoms with Gasteiger partial charge in [0.1, 0.15) is 11.5 Å². The van der Waals surface area contributed by atoms with Crippen LogP contribution in [0.1, 0.15) is 32.2 Å². The standard InChI is InChI=1S/C11H18N4S/c1-6(2)8(4)16-11-14-7(3)5-9(15-11)10(12)13/h5-6,8H,1-4H3,(H3,12,13). The molecule has 0 spiro atoms. The first kappa shape index (κ1) is 13.0. The van der Waals surface area contributed by atoms with Crippen molar-refractivity contribution in [3.8, 4) is 0 Å². The molecule has 0 saturated heterocycles. The molecule has 0 amide bonds. The lowest BCUT2D eigenvalue weighted by atomic mass is 10.2. The topological polar surface area (TPSA) is 75.7 Å². The van der Waals surface area contributed by atoms with Crippen LogP contribution in [0.2, 0.25) is 0 Å². The number of nitrogens with one attached hydrogen (secondary N) is 1. The number of thioether (sulfide) groups is 1. The molecule has 1 aromatic heterocycles. The molecular formula is C11H18N4S. The average Bonchev–Trinajstić information content (AvgIpc) is 2.16. The van der Waals surface area contributed by atoms with Crippen LogP contribution < -0.4 is 5.73 Å². The molecule has 88 valence electrons. The van der Waals surface area contributed by atoms with Crippen molar-refractivity contribution in [3.05, 3.63) is 17.5 Å². The summed E-state index contributed by atoms with van der Waals surface area (Å²) in [4.78, 5) is 8.60. The highest BCUT2D eigenvalue weighted by molar-refractivity contribution is 7.99. The first-order valence-corrected chi connectivity index (χ1v) is 6.15. The Hall–Kier alpha value is -1.10. The Kier molecular flexibility index (Phi) is 4.29. The highest BCUT2D eigenvalue weighted by atomic mass is 32.2. The number of amidine groups is 1. The highest BCUT2D eigenvalue weighted by Gasteiger charge is 2.12. The van der Waals surface area contributed by atoms with E-state index >= 15 is 0 Å². The van der Waals surface area contributed by atoms with Crippen molar-refractivity contribution in [2.24, 2.45) is 11.7 Å². The van der Waals surface area contributed by atoms with Crippen molar-refractivity contribution >= 4 is 17.6 Å². The predicted molar refractivity (Wildman–Crippen MR) is 67.9 cm³/mol. The van der Waals surface area contributed by atoms with Gasteiger partial charge in [-0.1, -0.05) is 32.5 Å². The molecule has 1 unspecified atom stereocenters. The summed E-state index contributed by atoms with van der Waals surface area (Å²) in [5.41, 5.74) is 6.78. The number of nitrogens with two attached hydrogens (primary N) is 1. The zero-order valence-electron chi connectivity index (χ0n) is 10.1. The summed E-state index contributed by atoms with van der Waals surface area (Å²) in [6, 6.07) is 1.73. The van der Waals surface area contributed by atoms with Gasteiger partial charge in [0, 0.05) is 10.9 Å². The first-order chi connectivity index (χ1) is 7.40. The van der Waals surface area contributed by atoms with Gasteiger partial charge in [-0.25, -0.2) is 9.97 Å². The molecule has 16 heavy (non-hydrogen) atoms. The molecule has 0 saturated carbocycles. The fourth-order valence-corrected chi connectivity index (χ4v) is 1.99. The molecule has 0 aromatic carbocycles. The molecule has 0 fully saturated rings. The Balaban J connectivity index is 2.92. The highest BCUT2D eigenvalue weighted by Crippen LogP contribution is 2.25. The number of hydrogen-bond donors (Lipinski definition) is 2. The van der Waals surface area contributed by atoms with Crippen molar-refractivity contribution in [1.82, 2.24) is 9.97 Å². The van der Waals surface area contributed by atoms with Gasteiger partial charge in [0.15, 0.2) is 5.16 Å². The normalized spacial score (nSPS) is 12.8. The van der Waals surface area contributed by atoms with E-state index in [1.165, 1.54) is 0 Å². The van der Waals surface area contributed by atoms with Gasteiger partial charge in [-0.2, -0.15) is 0 Å². The predicted octanol–water partition coefficient (Wildman–Crippen LogP) is 2.21. The molecule has 0 radical (unpaired) electrons. The minimum Gasteiger partial charge on any atom is -0.382 e. The quantitative estimate of drug-likeness (QED) is 0.365. The molecule has 0 bridgehead atoms. The number of aromatic nitrogens is 2. The van der Waals surface area contributed by atoms with E-state index in [0.29, 0.717) is 22.0 Å². The van der Waals surface area contributed by atoms with Crippen LogP contribution in [0.25, 0.3) is 0 Å². The minimum atomic E-state index is -0.00968. The minimum absolute atomic E-state index is 0.00968. The molecule has 3 N–H and O–H groups in total. The molecular weight excluding hydrogens is 220 g/mol. The Labute approximate surface area is 101 Å². The van der Waals surface area contributed by atoms with E-state index in [1.54, 1.807) is 17.8 Å². The summed E-state index contributed by atoms with van der Waals surface area (Å²) in [5, 5.41) is 8.52. The molecule has 1 atom stereocenters. The van der Waals surface area contributed by atoms with Crippen LogP contribution in [0.15, 0.2) is 11.2 Å². The summed E-state index contributed by atoms with van der Waals surface area (Å²) < 4.78 is 0. The van der Waals surface area contributed by atoms with Crippen molar-refractivity contribution in [1.29, 1.82) is 5.41 Å². The summed E-state index contributed by atoms with van der Waals surface area (Å²) >= 11 is 1.62. The van der Waals surface area contributed by atoms with E-state index in [9.17, 15) is 0 Å². The van der Waals surface area contributed by atoms with E-state index < -0.39 is 0 Å². The van der Waals surface area contributed by atoms with E-state index in [0.717, 1.165) is 5.69 Å². The average molecular weight is 238 g/mol. The first-order valence-electron chi connectivity index (χ1n) is 5.27. The van der Waals surface area contributed by atoms with Crippen molar-refractivity contribution < 1.29 is 0 Å². The lowest BCUT2D eigenvalue weighted by Crippen LogP contribution is -2.15. The van der Waals surface area contributed by atoms with Crippen LogP contribution in [-0.2, 0) is 0 Å². The second-order valence-corrected chi connectivity index (χ2v) is 5.50. The molecule has 0 aliphatic heterocycles. The number of aryl methyl sites for hydroxylation is 1. The number of nitrogen functional groups attached to an aromatic ring is 1. The third-order valence-electron chi connectivity index (χ3n) is 2.34. The third kappa shape index (κ3) is 3.48. The van der Waals surface area contributed by atoms with E-state index in [1.807, 2.05) is 6.92 Å². The van der Waals surface area contributed by atoms with Gasteiger partial charge in [0.05, 0.1) is 0 Å². The van der Waals surface area contributed by atoms with Gasteiger partial charge >= 0.3 is 0 Å². The van der Waals surface area contributed by atoms with Crippen LogP contribution in [0.5, 0.6) is 0 Å². The second-order valence-electron chi connectivity index (χ2n) is 4.16. The second kappa shape index (κ2) is 5.30. The van der Waals surface area contributed by atoms with Crippen LogP contribution >= 0.6 is 11.8 Å². The Morgan fingerprint density at radius 2 is 2.00 bits per heavy atom. The molecule has 0 aliphatic carbocycles. The maximum absolute atomic E-state index is 7.37. The van der Waals surface area contributed by atoms with Crippen LogP contribution in [0, 0.1) is 18.3 Å². The van der Waals surface area contributed by atoms with Crippen LogP contribution in [0.4, 0.5) is 0 Å². The third-order valence-corrected chi connectivity index (χ3v) is 3.65. The lowest BCUT2D eigenvalue weighted by Gasteiger charge is -2.14. The van der Waals surface area contributed by atoms with Crippen molar-refractivity contribution in [2.75, 3.05) is 0 Å². The van der Waals surface area contributed by atoms with Crippen LogP contribution in [0.3, 0.4) is 0 Å². The Morgan fingerprint density at radius 3 is 2.50 bits per heavy atom. The maximum atomic E-state index is 7.37. The molecule has 1 rings (SSSR count). The monoisotopic (exact) mass is 238 g/mol. The number of hydrogen-bond acceptors (Lipinski definition) is 4. The molecule has 0 aliphatic rings. The van der Waals surface area contributed by atoms with Crippen molar-refractivity contribution in [2.45, 2.75) is 38.1 Å². The fourth-order valence-electron chi connectivity index (χ4n) is 1.03. The van der Waals surface area contributed by atoms with Gasteiger partial charge in [-0.15, -0.1) is 0 Å². The summed E-state index contributed by atoms with van der Waals surface area (Å²) in [5.74, 6) is 0.555. The lowest BCUT2D eigenvalue weighted by molar-refractivity contribution is 0.640. The van der Waals surface area contributed by atoms with Gasteiger partial charge in [-0.05, 0) is 18.9 Å². The molecule has 4 nitrogen and oxygen atoms in total.